The molecule has 1 saturated heterocycles. The van der Waals surface area contributed by atoms with E-state index >= 15 is 0 Å². The van der Waals surface area contributed by atoms with E-state index in [1.807, 2.05) is 12.1 Å². The van der Waals surface area contributed by atoms with Crippen LogP contribution in [0.4, 0.5) is 17.1 Å². The van der Waals surface area contributed by atoms with Crippen LogP contribution in [0.25, 0.3) is 0 Å². The highest BCUT2D eigenvalue weighted by molar-refractivity contribution is 5.99. The van der Waals surface area contributed by atoms with Gasteiger partial charge >= 0.3 is 5.97 Å². The molecule has 0 atom stereocenters. The highest BCUT2D eigenvalue weighted by Gasteiger charge is 2.18. The van der Waals surface area contributed by atoms with Gasteiger partial charge in [-0.05, 0) is 23.8 Å². The number of ether oxygens (including phenoxy) is 2. The van der Waals surface area contributed by atoms with Gasteiger partial charge in [0.15, 0.2) is 6.61 Å². The van der Waals surface area contributed by atoms with Crippen LogP contribution in [0.5, 0.6) is 0 Å². The number of esters is 1. The number of carbonyl (C=O) groups is 2. The molecule has 0 radical (unpaired) electrons. The Balaban J connectivity index is 1.52. The topological polar surface area (TPSA) is 123 Å². The first-order valence-corrected chi connectivity index (χ1v) is 9.78. The molecule has 3 rings (SSSR count). The van der Waals surface area contributed by atoms with Gasteiger partial charge in [-0.15, -0.1) is 0 Å². The largest absolute Gasteiger partial charge is 0.452 e. The van der Waals surface area contributed by atoms with Crippen molar-refractivity contribution >= 4 is 28.9 Å². The summed E-state index contributed by atoms with van der Waals surface area (Å²) < 4.78 is 10.4. The van der Waals surface area contributed by atoms with Crippen molar-refractivity contribution in [3.8, 4) is 0 Å². The molecule has 0 spiro atoms. The average Bonchev–Trinajstić information content (AvgIpc) is 2.79. The minimum atomic E-state index is -0.830. The molecule has 0 bridgehead atoms. The molecule has 0 saturated carbocycles. The molecule has 2 aromatic rings. The number of amides is 1. The minimum absolute atomic E-state index is 0.0167. The van der Waals surface area contributed by atoms with Crippen LogP contribution in [0.2, 0.25) is 0 Å². The van der Waals surface area contributed by atoms with E-state index < -0.39 is 23.4 Å². The van der Waals surface area contributed by atoms with Crippen LogP contribution in [-0.2, 0) is 20.8 Å². The first-order chi connectivity index (χ1) is 15.0. The number of nitrogens with one attached hydrogen (secondary N) is 2. The molecule has 0 aromatic heterocycles. The number of rotatable bonds is 8. The monoisotopic (exact) mass is 428 g/mol. The average molecular weight is 428 g/mol. The van der Waals surface area contributed by atoms with E-state index in [9.17, 15) is 19.7 Å². The maximum absolute atomic E-state index is 12.3. The number of anilines is 2. The number of nitro benzene ring substituents is 1. The molecule has 0 aliphatic carbocycles. The Labute approximate surface area is 179 Å². The van der Waals surface area contributed by atoms with Gasteiger partial charge in [0.2, 0.25) is 0 Å². The van der Waals surface area contributed by atoms with Crippen LogP contribution in [0.3, 0.4) is 0 Å². The fourth-order valence-corrected chi connectivity index (χ4v) is 3.15. The Bertz CT molecular complexity index is 941. The fourth-order valence-electron chi connectivity index (χ4n) is 3.15. The number of nitrogens with zero attached hydrogens (tertiary/aromatic N) is 2. The molecule has 31 heavy (non-hydrogen) atoms. The Hall–Kier alpha value is -3.50. The second-order valence-electron chi connectivity index (χ2n) is 6.95. The summed E-state index contributed by atoms with van der Waals surface area (Å²) in [5, 5.41) is 16.4. The van der Waals surface area contributed by atoms with Crippen molar-refractivity contribution in [1.82, 2.24) is 4.90 Å². The highest BCUT2D eigenvalue weighted by atomic mass is 16.6. The summed E-state index contributed by atoms with van der Waals surface area (Å²) in [7, 11) is 1.58. The van der Waals surface area contributed by atoms with Crippen molar-refractivity contribution in [2.75, 3.05) is 50.6 Å². The second kappa shape index (κ2) is 10.5. The molecule has 0 unspecified atom stereocenters. The quantitative estimate of drug-likeness (QED) is 0.373. The lowest BCUT2D eigenvalue weighted by atomic mass is 10.1. The van der Waals surface area contributed by atoms with Gasteiger partial charge in [-0.3, -0.25) is 19.8 Å². The third kappa shape index (κ3) is 6.24. The van der Waals surface area contributed by atoms with Crippen LogP contribution in [0.1, 0.15) is 15.9 Å². The molecule has 1 aliphatic rings. The summed E-state index contributed by atoms with van der Waals surface area (Å²) in [6.07, 6.45) is 0. The predicted octanol–water partition coefficient (Wildman–Crippen LogP) is 2.26. The van der Waals surface area contributed by atoms with Gasteiger partial charge in [-0.25, -0.2) is 4.79 Å². The summed E-state index contributed by atoms with van der Waals surface area (Å²) in [5.41, 5.74) is 1.81. The zero-order valence-corrected chi connectivity index (χ0v) is 17.1. The first-order valence-electron chi connectivity index (χ1n) is 9.78. The number of benzene rings is 2. The van der Waals surface area contributed by atoms with E-state index in [2.05, 4.69) is 15.5 Å². The number of non-ortho nitro benzene ring substituents is 1. The van der Waals surface area contributed by atoms with Crippen molar-refractivity contribution in [1.29, 1.82) is 0 Å². The zero-order chi connectivity index (χ0) is 22.2. The lowest BCUT2D eigenvalue weighted by molar-refractivity contribution is -0.384. The highest BCUT2D eigenvalue weighted by Crippen LogP contribution is 2.22. The minimum Gasteiger partial charge on any atom is -0.452 e. The zero-order valence-electron chi connectivity index (χ0n) is 17.1. The lowest BCUT2D eigenvalue weighted by Gasteiger charge is -2.26. The molecule has 1 fully saturated rings. The Morgan fingerprint density at radius 1 is 1.16 bits per heavy atom. The number of hydrogen-bond acceptors (Lipinski definition) is 8. The van der Waals surface area contributed by atoms with E-state index in [1.165, 1.54) is 12.1 Å². The van der Waals surface area contributed by atoms with Crippen LogP contribution < -0.4 is 10.6 Å². The molecule has 2 N–H and O–H groups in total. The van der Waals surface area contributed by atoms with Crippen molar-refractivity contribution in [2.24, 2.45) is 0 Å². The molecule has 1 amide bonds. The van der Waals surface area contributed by atoms with E-state index in [0.717, 1.165) is 44.5 Å². The fraction of sp³-hybridized carbons (Fsp3) is 0.333. The van der Waals surface area contributed by atoms with E-state index in [-0.39, 0.29) is 11.3 Å². The molecule has 10 heteroatoms. The van der Waals surface area contributed by atoms with E-state index in [4.69, 9.17) is 9.47 Å². The van der Waals surface area contributed by atoms with Crippen LogP contribution in [-0.4, -0.2) is 61.7 Å². The van der Waals surface area contributed by atoms with Crippen molar-refractivity contribution in [3.63, 3.8) is 0 Å². The normalized spacial score (nSPS) is 14.0. The Morgan fingerprint density at radius 2 is 1.87 bits per heavy atom. The molecule has 164 valence electrons. The smallest absolute Gasteiger partial charge is 0.341 e. The lowest BCUT2D eigenvalue weighted by Crippen LogP contribution is -2.35. The van der Waals surface area contributed by atoms with E-state index in [0.29, 0.717) is 11.4 Å². The molecule has 1 heterocycles. The molecule has 2 aromatic carbocycles. The SMILES string of the molecule is CNc1ccc([N+](=O)[O-])cc1C(=O)OCC(=O)Nc1ccc(CN2CCOCC2)cc1. The molecule has 1 aliphatic heterocycles. The van der Waals surface area contributed by atoms with Crippen molar-refractivity contribution in [3.05, 3.63) is 63.7 Å². The maximum Gasteiger partial charge on any atom is 0.341 e. The Morgan fingerprint density at radius 3 is 2.52 bits per heavy atom. The maximum atomic E-state index is 12.3. The second-order valence-corrected chi connectivity index (χ2v) is 6.95. The van der Waals surface area contributed by atoms with Gasteiger partial charge in [0.05, 0.1) is 23.7 Å². The number of carbonyl (C=O) groups excluding carboxylic acids is 2. The van der Waals surface area contributed by atoms with Crippen molar-refractivity contribution < 1.29 is 24.0 Å². The molecule has 10 nitrogen and oxygen atoms in total. The van der Waals surface area contributed by atoms with Crippen LogP contribution in [0.15, 0.2) is 42.5 Å². The Kier molecular flexibility index (Phi) is 7.52. The number of morpholine rings is 1. The molecular weight excluding hydrogens is 404 g/mol. The van der Waals surface area contributed by atoms with E-state index in [1.54, 1.807) is 19.2 Å². The summed E-state index contributed by atoms with van der Waals surface area (Å²) in [6.45, 7) is 3.55. The van der Waals surface area contributed by atoms with Gasteiger partial charge in [0, 0.05) is 50.2 Å². The third-order valence-corrected chi connectivity index (χ3v) is 4.79. The van der Waals surface area contributed by atoms with Crippen LogP contribution in [0, 0.1) is 10.1 Å². The summed E-state index contributed by atoms with van der Waals surface area (Å²) in [6, 6.07) is 11.2. The van der Waals surface area contributed by atoms with Gasteiger partial charge in [0.1, 0.15) is 0 Å². The summed E-state index contributed by atoms with van der Waals surface area (Å²) in [4.78, 5) is 37.1. The predicted molar refractivity (Wildman–Crippen MR) is 114 cm³/mol. The first kappa shape index (κ1) is 22.2. The van der Waals surface area contributed by atoms with Crippen molar-refractivity contribution in [2.45, 2.75) is 6.54 Å². The van der Waals surface area contributed by atoms with Gasteiger partial charge < -0.3 is 20.1 Å². The third-order valence-electron chi connectivity index (χ3n) is 4.79. The van der Waals surface area contributed by atoms with Gasteiger partial charge in [-0.2, -0.15) is 0 Å². The van der Waals surface area contributed by atoms with Gasteiger partial charge in [0.25, 0.3) is 11.6 Å². The van der Waals surface area contributed by atoms with Gasteiger partial charge in [-0.1, -0.05) is 12.1 Å². The summed E-state index contributed by atoms with van der Waals surface area (Å²) >= 11 is 0. The van der Waals surface area contributed by atoms with Crippen LogP contribution >= 0.6 is 0 Å². The standard InChI is InChI=1S/C21H24N4O6/c1-22-19-7-6-17(25(28)29)12-18(19)21(27)31-14-20(26)23-16-4-2-15(3-5-16)13-24-8-10-30-11-9-24/h2-7,12,22H,8-11,13-14H2,1H3,(H,23,26). The number of nitro groups is 1. The summed E-state index contributed by atoms with van der Waals surface area (Å²) in [5.74, 6) is -1.34. The number of hydrogen-bond donors (Lipinski definition) is 2. The molecular formula is C21H24N4O6.